The van der Waals surface area contributed by atoms with Crippen LogP contribution >= 0.6 is 15.9 Å². The molecule has 0 aliphatic heterocycles. The minimum Gasteiger partial charge on any atom is -0.404 e. The van der Waals surface area contributed by atoms with Crippen LogP contribution in [0.4, 0.5) is 13.2 Å². The third-order valence-electron chi connectivity index (χ3n) is 2.90. The Morgan fingerprint density at radius 3 is 2.45 bits per heavy atom. The quantitative estimate of drug-likeness (QED) is 0.642. The predicted octanol–water partition coefficient (Wildman–Crippen LogP) is 4.16. The monoisotopic (exact) mass is 403 g/mol. The van der Waals surface area contributed by atoms with Gasteiger partial charge in [-0.25, -0.2) is 12.7 Å². The smallest absolute Gasteiger partial charge is 0.404 e. The van der Waals surface area contributed by atoms with Crippen molar-refractivity contribution in [3.8, 4) is 5.75 Å². The molecule has 22 heavy (non-hydrogen) atoms. The molecule has 0 saturated carbocycles. The Morgan fingerprint density at radius 2 is 1.91 bits per heavy atom. The Balaban J connectivity index is 3.13. The molecule has 0 aliphatic rings. The SMILES string of the molecule is CCCCCN(C)S(=O)(=O)c1ccc(Br)cc1OC(F)(F)F. The number of unbranched alkanes of at least 4 members (excludes halogenated alkanes) is 2. The van der Waals surface area contributed by atoms with Crippen LogP contribution in [-0.2, 0) is 10.0 Å². The van der Waals surface area contributed by atoms with Crippen molar-refractivity contribution in [1.29, 1.82) is 0 Å². The first-order valence-electron chi connectivity index (χ1n) is 6.59. The number of nitrogens with zero attached hydrogens (tertiary/aromatic N) is 1. The molecule has 0 bridgehead atoms. The normalized spacial score (nSPS) is 12.7. The fourth-order valence-electron chi connectivity index (χ4n) is 1.77. The van der Waals surface area contributed by atoms with E-state index in [9.17, 15) is 21.6 Å². The number of hydrogen-bond acceptors (Lipinski definition) is 3. The van der Waals surface area contributed by atoms with Gasteiger partial charge < -0.3 is 4.74 Å². The first-order chi connectivity index (χ1) is 10.1. The molecule has 126 valence electrons. The number of hydrogen-bond donors (Lipinski definition) is 0. The lowest BCUT2D eigenvalue weighted by Crippen LogP contribution is -2.29. The molecule has 0 saturated heterocycles. The molecule has 0 N–H and O–H groups in total. The van der Waals surface area contributed by atoms with Crippen molar-refractivity contribution in [2.24, 2.45) is 0 Å². The summed E-state index contributed by atoms with van der Waals surface area (Å²) in [7, 11) is -2.71. The Kier molecular flexibility index (Phi) is 6.69. The van der Waals surface area contributed by atoms with Crippen molar-refractivity contribution >= 4 is 26.0 Å². The van der Waals surface area contributed by atoms with Crippen molar-refractivity contribution in [2.75, 3.05) is 13.6 Å². The van der Waals surface area contributed by atoms with Crippen molar-refractivity contribution in [2.45, 2.75) is 37.4 Å². The van der Waals surface area contributed by atoms with E-state index in [0.717, 1.165) is 29.3 Å². The van der Waals surface area contributed by atoms with Gasteiger partial charge in [0.2, 0.25) is 10.0 Å². The maximum absolute atomic E-state index is 12.4. The average molecular weight is 404 g/mol. The summed E-state index contributed by atoms with van der Waals surface area (Å²) >= 11 is 3.00. The Bertz CT molecular complexity index is 605. The van der Waals surface area contributed by atoms with Crippen LogP contribution in [0.3, 0.4) is 0 Å². The molecule has 9 heteroatoms. The van der Waals surface area contributed by atoms with Crippen molar-refractivity contribution in [3.63, 3.8) is 0 Å². The summed E-state index contributed by atoms with van der Waals surface area (Å²) in [5.41, 5.74) is 0. The van der Waals surface area contributed by atoms with E-state index >= 15 is 0 Å². The molecule has 1 rings (SSSR count). The summed E-state index contributed by atoms with van der Waals surface area (Å²) < 4.78 is 67.3. The zero-order valence-corrected chi connectivity index (χ0v) is 14.6. The zero-order chi connectivity index (χ0) is 17.0. The average Bonchev–Trinajstić information content (AvgIpc) is 2.36. The molecule has 0 heterocycles. The van der Waals surface area contributed by atoms with Gasteiger partial charge >= 0.3 is 6.36 Å². The number of ether oxygens (including phenoxy) is 1. The van der Waals surface area contributed by atoms with E-state index in [1.54, 1.807) is 0 Å². The van der Waals surface area contributed by atoms with Gasteiger partial charge in [0.15, 0.2) is 5.75 Å². The standard InChI is InChI=1S/C13H17BrF3NO3S/c1-3-4-5-8-18(2)22(19,20)12-7-6-10(14)9-11(12)21-13(15,16)17/h6-7,9H,3-5,8H2,1-2H3. The topological polar surface area (TPSA) is 46.6 Å². The first-order valence-corrected chi connectivity index (χ1v) is 8.83. The summed E-state index contributed by atoms with van der Waals surface area (Å²) in [5.74, 6) is -0.746. The van der Waals surface area contributed by atoms with Gasteiger partial charge in [-0.3, -0.25) is 0 Å². The van der Waals surface area contributed by atoms with E-state index in [4.69, 9.17) is 0 Å². The molecular formula is C13H17BrF3NO3S. The molecule has 0 aliphatic carbocycles. The second-order valence-corrected chi connectivity index (χ2v) is 7.60. The third-order valence-corrected chi connectivity index (χ3v) is 5.29. The Labute approximate surface area is 136 Å². The minimum absolute atomic E-state index is 0.234. The van der Waals surface area contributed by atoms with Gasteiger partial charge in [-0.2, -0.15) is 0 Å². The summed E-state index contributed by atoms with van der Waals surface area (Å²) in [6.45, 7) is 2.20. The molecule has 0 unspecified atom stereocenters. The van der Waals surface area contributed by atoms with E-state index in [0.29, 0.717) is 10.9 Å². The molecule has 0 aromatic heterocycles. The van der Waals surface area contributed by atoms with E-state index in [2.05, 4.69) is 20.7 Å². The van der Waals surface area contributed by atoms with Crippen LogP contribution in [0.25, 0.3) is 0 Å². The number of alkyl halides is 3. The Hall–Kier alpha value is -0.800. The number of halogens is 4. The van der Waals surface area contributed by atoms with Crippen molar-refractivity contribution in [3.05, 3.63) is 22.7 Å². The number of benzene rings is 1. The lowest BCUT2D eigenvalue weighted by atomic mass is 10.2. The number of rotatable bonds is 7. The highest BCUT2D eigenvalue weighted by Crippen LogP contribution is 2.33. The first kappa shape index (κ1) is 19.2. The fraction of sp³-hybridized carbons (Fsp3) is 0.538. The maximum Gasteiger partial charge on any atom is 0.573 e. The molecule has 4 nitrogen and oxygen atoms in total. The van der Waals surface area contributed by atoms with Crippen molar-refractivity contribution in [1.82, 2.24) is 4.31 Å². The number of sulfonamides is 1. The predicted molar refractivity (Wildman–Crippen MR) is 80.2 cm³/mol. The summed E-state index contributed by atoms with van der Waals surface area (Å²) in [6, 6.07) is 3.44. The highest BCUT2D eigenvalue weighted by Gasteiger charge is 2.35. The highest BCUT2D eigenvalue weighted by molar-refractivity contribution is 9.10. The molecule has 0 fully saturated rings. The molecule has 0 atom stereocenters. The molecule has 0 spiro atoms. The van der Waals surface area contributed by atoms with Crippen LogP contribution in [0.5, 0.6) is 5.75 Å². The van der Waals surface area contributed by atoms with E-state index in [-0.39, 0.29) is 6.54 Å². The molecule has 0 amide bonds. The molecule has 1 aromatic rings. The van der Waals surface area contributed by atoms with Crippen molar-refractivity contribution < 1.29 is 26.3 Å². The summed E-state index contributed by atoms with van der Waals surface area (Å²) in [6.07, 6.45) is -2.58. The van der Waals surface area contributed by atoms with Crippen LogP contribution in [0.1, 0.15) is 26.2 Å². The van der Waals surface area contributed by atoms with Gasteiger partial charge in [-0.15, -0.1) is 13.2 Å². The summed E-state index contributed by atoms with van der Waals surface area (Å²) in [5, 5.41) is 0. The largest absolute Gasteiger partial charge is 0.573 e. The molecule has 0 radical (unpaired) electrons. The lowest BCUT2D eigenvalue weighted by molar-refractivity contribution is -0.275. The second-order valence-electron chi connectivity index (χ2n) is 4.67. The molecule has 1 aromatic carbocycles. The summed E-state index contributed by atoms with van der Waals surface area (Å²) in [4.78, 5) is -0.507. The van der Waals surface area contributed by atoms with Gasteiger partial charge in [0, 0.05) is 18.1 Å². The van der Waals surface area contributed by atoms with Gasteiger partial charge in [0.25, 0.3) is 0 Å². The van der Waals surface area contributed by atoms with Crippen LogP contribution in [0, 0.1) is 0 Å². The van der Waals surface area contributed by atoms with Gasteiger partial charge in [0.05, 0.1) is 0 Å². The van der Waals surface area contributed by atoms with Gasteiger partial charge in [-0.05, 0) is 24.6 Å². The highest BCUT2D eigenvalue weighted by atomic mass is 79.9. The van der Waals surface area contributed by atoms with E-state index < -0.39 is 27.0 Å². The lowest BCUT2D eigenvalue weighted by Gasteiger charge is -2.20. The molecular weight excluding hydrogens is 387 g/mol. The Morgan fingerprint density at radius 1 is 1.27 bits per heavy atom. The van der Waals surface area contributed by atoms with Crippen LogP contribution in [-0.4, -0.2) is 32.7 Å². The maximum atomic E-state index is 12.4. The van der Waals surface area contributed by atoms with E-state index in [1.807, 2.05) is 6.92 Å². The van der Waals surface area contributed by atoms with E-state index in [1.165, 1.54) is 13.1 Å². The van der Waals surface area contributed by atoms with Gasteiger partial charge in [0.1, 0.15) is 4.90 Å². The minimum atomic E-state index is -4.97. The van der Waals surface area contributed by atoms with Crippen LogP contribution in [0.15, 0.2) is 27.6 Å². The third kappa shape index (κ3) is 5.44. The van der Waals surface area contributed by atoms with Gasteiger partial charge in [-0.1, -0.05) is 35.7 Å². The zero-order valence-electron chi connectivity index (χ0n) is 12.2. The van der Waals surface area contributed by atoms with Crippen LogP contribution in [0.2, 0.25) is 0 Å². The second kappa shape index (κ2) is 7.65. The van der Waals surface area contributed by atoms with Crippen LogP contribution < -0.4 is 4.74 Å². The fourth-order valence-corrected chi connectivity index (χ4v) is 3.41.